The van der Waals surface area contributed by atoms with Gasteiger partial charge in [0, 0.05) is 49.8 Å². The van der Waals surface area contributed by atoms with Gasteiger partial charge in [0.25, 0.3) is 0 Å². The van der Waals surface area contributed by atoms with Crippen LogP contribution in [0.5, 0.6) is 0 Å². The van der Waals surface area contributed by atoms with Gasteiger partial charge in [0.05, 0.1) is 5.69 Å². The summed E-state index contributed by atoms with van der Waals surface area (Å²) in [7, 11) is 0. The average Bonchev–Trinajstić information content (AvgIpc) is 3.80. The van der Waals surface area contributed by atoms with Crippen LogP contribution in [0, 0.1) is 0 Å². The molecule has 280 valence electrons. The largest absolute Gasteiger partial charge is 0.456 e. The quantitative estimate of drug-likeness (QED) is 0.162. The zero-order valence-electron chi connectivity index (χ0n) is 32.7. The number of rotatable bonds is 7. The summed E-state index contributed by atoms with van der Waals surface area (Å²) in [5, 5.41) is 2.01. The van der Waals surface area contributed by atoms with E-state index >= 15 is 0 Å². The van der Waals surface area contributed by atoms with Gasteiger partial charge in [0.2, 0.25) is 0 Å². The van der Waals surface area contributed by atoms with Crippen LogP contribution in [0.2, 0.25) is 0 Å². The average molecular weight is 759 g/mol. The number of aromatic nitrogens is 3. The van der Waals surface area contributed by atoms with Crippen LogP contribution in [0.15, 0.2) is 199 Å². The topological polar surface area (TPSA) is 55.1 Å². The SMILES string of the molecule is CC1(C)c2ccccc2-c2c(N(c3ccc(-c4ccccc4)cc3)c3cccc(-c4nc(-c5ccccc5)nc(-c5cccc6oc7ccccc7c56)n4)c3)cccc21. The number of hydrogen-bond acceptors (Lipinski definition) is 5. The predicted molar refractivity (Wildman–Crippen MR) is 241 cm³/mol. The number of fused-ring (bicyclic) bond motifs is 6. The zero-order chi connectivity index (χ0) is 39.5. The molecular weight excluding hydrogens is 721 g/mol. The molecule has 0 bridgehead atoms. The highest BCUT2D eigenvalue weighted by Crippen LogP contribution is 2.54. The van der Waals surface area contributed by atoms with Crippen molar-refractivity contribution in [1.29, 1.82) is 0 Å². The van der Waals surface area contributed by atoms with E-state index < -0.39 is 0 Å². The van der Waals surface area contributed by atoms with Gasteiger partial charge >= 0.3 is 0 Å². The summed E-state index contributed by atoms with van der Waals surface area (Å²) in [5.74, 6) is 1.78. The van der Waals surface area contributed by atoms with E-state index in [9.17, 15) is 0 Å². The van der Waals surface area contributed by atoms with E-state index in [2.05, 4.69) is 152 Å². The number of hydrogen-bond donors (Lipinski definition) is 0. The Kier molecular flexibility index (Phi) is 8.09. The van der Waals surface area contributed by atoms with Crippen molar-refractivity contribution in [3.05, 3.63) is 205 Å². The minimum atomic E-state index is -0.148. The van der Waals surface area contributed by atoms with Crippen LogP contribution < -0.4 is 4.90 Å². The van der Waals surface area contributed by atoms with Crippen molar-refractivity contribution in [2.45, 2.75) is 19.3 Å². The number of nitrogens with zero attached hydrogens (tertiary/aromatic N) is 4. The first kappa shape index (κ1) is 34.6. The second kappa shape index (κ2) is 13.8. The standard InChI is InChI=1S/C54H38N4O/c1-54(2)44-25-11-9-22-41(44)50-45(54)26-15-27-46(50)58(39-32-30-36(31-33-39)35-16-5-3-6-17-35)40-21-13-20-38(34-40)52-55-51(37-18-7-4-8-19-37)56-53(57-52)43-24-14-29-48-49(43)42-23-10-12-28-47(42)59-48/h3-34H,1-2H3. The van der Waals surface area contributed by atoms with Crippen LogP contribution in [0.1, 0.15) is 25.0 Å². The van der Waals surface area contributed by atoms with Crippen LogP contribution >= 0.6 is 0 Å². The van der Waals surface area contributed by atoms with Crippen molar-refractivity contribution in [1.82, 2.24) is 15.0 Å². The summed E-state index contributed by atoms with van der Waals surface area (Å²) in [5.41, 5.74) is 14.8. The Hall–Kier alpha value is -7.63. The summed E-state index contributed by atoms with van der Waals surface area (Å²) in [4.78, 5) is 17.9. The predicted octanol–water partition coefficient (Wildman–Crippen LogP) is 14.2. The lowest BCUT2D eigenvalue weighted by Gasteiger charge is -2.29. The van der Waals surface area contributed by atoms with E-state index in [0.717, 1.165) is 55.7 Å². The van der Waals surface area contributed by atoms with Crippen molar-refractivity contribution in [2.75, 3.05) is 4.90 Å². The molecule has 0 unspecified atom stereocenters. The minimum Gasteiger partial charge on any atom is -0.456 e. The van der Waals surface area contributed by atoms with Gasteiger partial charge in [0.1, 0.15) is 11.2 Å². The van der Waals surface area contributed by atoms with E-state index in [0.29, 0.717) is 17.5 Å². The Morgan fingerprint density at radius 2 is 1.00 bits per heavy atom. The van der Waals surface area contributed by atoms with Crippen LogP contribution in [-0.4, -0.2) is 15.0 Å². The molecule has 0 fully saturated rings. The van der Waals surface area contributed by atoms with Gasteiger partial charge in [-0.3, -0.25) is 0 Å². The molecule has 5 heteroatoms. The lowest BCUT2D eigenvalue weighted by molar-refractivity contribution is 0.660. The van der Waals surface area contributed by atoms with Gasteiger partial charge in [-0.2, -0.15) is 0 Å². The van der Waals surface area contributed by atoms with Gasteiger partial charge in [-0.1, -0.05) is 166 Å². The maximum absolute atomic E-state index is 6.29. The molecule has 0 radical (unpaired) electrons. The van der Waals surface area contributed by atoms with Gasteiger partial charge in [0.15, 0.2) is 17.5 Å². The summed E-state index contributed by atoms with van der Waals surface area (Å²) in [6.45, 7) is 4.66. The molecule has 0 spiro atoms. The Morgan fingerprint density at radius 1 is 0.424 bits per heavy atom. The highest BCUT2D eigenvalue weighted by molar-refractivity contribution is 6.11. The second-order valence-electron chi connectivity index (χ2n) is 15.6. The van der Waals surface area contributed by atoms with E-state index in [1.54, 1.807) is 0 Å². The maximum atomic E-state index is 6.29. The van der Waals surface area contributed by atoms with Crippen molar-refractivity contribution < 1.29 is 4.42 Å². The summed E-state index contributed by atoms with van der Waals surface area (Å²) >= 11 is 0. The first-order chi connectivity index (χ1) is 29.0. The summed E-state index contributed by atoms with van der Waals surface area (Å²) < 4.78 is 6.29. The normalized spacial score (nSPS) is 12.7. The number of furan rings is 1. The molecule has 2 aromatic heterocycles. The lowest BCUT2D eigenvalue weighted by atomic mass is 9.82. The molecule has 0 N–H and O–H groups in total. The van der Waals surface area contributed by atoms with Crippen LogP contribution in [0.3, 0.4) is 0 Å². The fourth-order valence-electron chi connectivity index (χ4n) is 8.87. The molecule has 0 aliphatic heterocycles. The van der Waals surface area contributed by atoms with Gasteiger partial charge in [-0.25, -0.2) is 15.0 Å². The minimum absolute atomic E-state index is 0.148. The highest BCUT2D eigenvalue weighted by atomic mass is 16.3. The molecule has 1 aliphatic carbocycles. The fourth-order valence-corrected chi connectivity index (χ4v) is 8.87. The van der Waals surface area contributed by atoms with E-state index in [-0.39, 0.29) is 5.41 Å². The monoisotopic (exact) mass is 758 g/mol. The Bertz CT molecular complexity index is 3190. The van der Waals surface area contributed by atoms with Crippen molar-refractivity contribution >= 4 is 39.0 Å². The van der Waals surface area contributed by atoms with Crippen molar-refractivity contribution in [3.63, 3.8) is 0 Å². The number of anilines is 3. The van der Waals surface area contributed by atoms with Crippen molar-refractivity contribution in [3.8, 4) is 56.4 Å². The Morgan fingerprint density at radius 3 is 1.81 bits per heavy atom. The molecular formula is C54H38N4O. The summed E-state index contributed by atoms with van der Waals surface area (Å²) in [6, 6.07) is 67.9. The summed E-state index contributed by atoms with van der Waals surface area (Å²) in [6.07, 6.45) is 0. The Labute approximate surface area is 342 Å². The number of benzene rings is 8. The highest BCUT2D eigenvalue weighted by Gasteiger charge is 2.37. The van der Waals surface area contributed by atoms with E-state index in [4.69, 9.17) is 19.4 Å². The molecule has 10 aromatic rings. The molecule has 11 rings (SSSR count). The fraction of sp³-hybridized carbons (Fsp3) is 0.0556. The molecule has 0 saturated carbocycles. The molecule has 1 aliphatic rings. The third-order valence-electron chi connectivity index (χ3n) is 11.7. The van der Waals surface area contributed by atoms with Crippen LogP contribution in [0.25, 0.3) is 78.4 Å². The van der Waals surface area contributed by atoms with Crippen molar-refractivity contribution in [2.24, 2.45) is 0 Å². The van der Waals surface area contributed by atoms with Gasteiger partial charge in [-0.05, 0) is 70.3 Å². The lowest BCUT2D eigenvalue weighted by Crippen LogP contribution is -2.16. The maximum Gasteiger partial charge on any atom is 0.164 e. The van der Waals surface area contributed by atoms with Gasteiger partial charge < -0.3 is 9.32 Å². The van der Waals surface area contributed by atoms with E-state index in [1.807, 2.05) is 60.7 Å². The van der Waals surface area contributed by atoms with E-state index in [1.165, 1.54) is 33.4 Å². The first-order valence-corrected chi connectivity index (χ1v) is 20.0. The Balaban J connectivity index is 1.11. The van der Waals surface area contributed by atoms with Gasteiger partial charge in [-0.15, -0.1) is 0 Å². The molecule has 0 amide bonds. The third-order valence-corrected chi connectivity index (χ3v) is 11.7. The molecule has 59 heavy (non-hydrogen) atoms. The molecule has 0 saturated heterocycles. The zero-order valence-corrected chi connectivity index (χ0v) is 32.7. The molecule has 0 atom stereocenters. The smallest absolute Gasteiger partial charge is 0.164 e. The van der Waals surface area contributed by atoms with Crippen LogP contribution in [0.4, 0.5) is 17.1 Å². The third kappa shape index (κ3) is 5.81. The molecule has 8 aromatic carbocycles. The molecule has 2 heterocycles. The molecule has 5 nitrogen and oxygen atoms in total. The van der Waals surface area contributed by atoms with Crippen LogP contribution in [-0.2, 0) is 5.41 Å². The first-order valence-electron chi connectivity index (χ1n) is 20.0. The second-order valence-corrected chi connectivity index (χ2v) is 15.6. The number of para-hydroxylation sites is 1.